The first-order chi connectivity index (χ1) is 9.20. The van der Waals surface area contributed by atoms with Crippen LogP contribution in [-0.4, -0.2) is 12.0 Å². The van der Waals surface area contributed by atoms with Crippen molar-refractivity contribution < 1.29 is 0 Å². The molecule has 0 heterocycles. The summed E-state index contributed by atoms with van der Waals surface area (Å²) in [6.07, 6.45) is 1.98. The third-order valence-electron chi connectivity index (χ3n) is 2.94. The van der Waals surface area contributed by atoms with Crippen LogP contribution < -0.4 is 0 Å². The van der Waals surface area contributed by atoms with Crippen molar-refractivity contribution >= 4 is 17.5 Å². The quantitative estimate of drug-likeness (QED) is 0.710. The first kappa shape index (κ1) is 13.6. The normalized spacial score (nSPS) is 11.4. The maximum absolute atomic E-state index is 4.45. The van der Waals surface area contributed by atoms with Crippen LogP contribution >= 0.6 is 11.8 Å². The molecule has 0 saturated heterocycles. The molecule has 0 fully saturated rings. The number of aliphatic imine (C=N–C) groups is 1. The van der Waals surface area contributed by atoms with E-state index in [1.807, 2.05) is 19.2 Å². The average molecular weight is 267 g/mol. The predicted molar refractivity (Wildman–Crippen MR) is 86.7 cm³/mol. The van der Waals surface area contributed by atoms with Crippen molar-refractivity contribution in [3.8, 4) is 11.1 Å². The molecule has 2 aromatic carbocycles. The predicted octanol–water partition coefficient (Wildman–Crippen LogP) is 5.00. The molecule has 0 N–H and O–H groups in total. The molecule has 2 rings (SSSR count). The highest BCUT2D eigenvalue weighted by molar-refractivity contribution is 8.02. The van der Waals surface area contributed by atoms with Crippen molar-refractivity contribution in [2.45, 2.75) is 6.92 Å². The summed E-state index contributed by atoms with van der Waals surface area (Å²) in [5.41, 5.74) is 4.59. The van der Waals surface area contributed by atoms with Gasteiger partial charge in [0.05, 0.1) is 5.03 Å². The van der Waals surface area contributed by atoms with Gasteiger partial charge in [-0.2, -0.15) is 0 Å². The van der Waals surface area contributed by atoms with Crippen LogP contribution in [0.2, 0.25) is 0 Å². The van der Waals surface area contributed by atoms with Crippen molar-refractivity contribution in [1.82, 2.24) is 0 Å². The molecule has 0 bridgehead atoms. The Labute approximate surface area is 119 Å². The second-order valence-electron chi connectivity index (χ2n) is 4.24. The molecule has 2 aromatic rings. The molecule has 2 heteroatoms. The third-order valence-corrected chi connectivity index (χ3v) is 3.50. The molecule has 0 spiro atoms. The van der Waals surface area contributed by atoms with Crippen molar-refractivity contribution in [1.29, 1.82) is 0 Å². The number of thioether (sulfide) groups is 1. The molecular weight excluding hydrogens is 250 g/mol. The van der Waals surface area contributed by atoms with Gasteiger partial charge in [-0.1, -0.05) is 61.2 Å². The molecule has 0 aliphatic heterocycles. The summed E-state index contributed by atoms with van der Waals surface area (Å²) in [6, 6.07) is 18.8. The van der Waals surface area contributed by atoms with Crippen molar-refractivity contribution in [2.75, 3.05) is 6.26 Å². The minimum Gasteiger partial charge on any atom is -0.247 e. The van der Waals surface area contributed by atoms with Gasteiger partial charge in [-0.15, -0.1) is 11.8 Å². The van der Waals surface area contributed by atoms with Gasteiger partial charge in [0.2, 0.25) is 0 Å². The lowest BCUT2D eigenvalue weighted by Gasteiger charge is -2.05. The fourth-order valence-electron chi connectivity index (χ4n) is 1.83. The van der Waals surface area contributed by atoms with Crippen LogP contribution in [0, 0.1) is 0 Å². The molecule has 0 aromatic heterocycles. The summed E-state index contributed by atoms with van der Waals surface area (Å²) in [5, 5.41) is 0.838. The van der Waals surface area contributed by atoms with Gasteiger partial charge < -0.3 is 0 Å². The smallest absolute Gasteiger partial charge is 0.0888 e. The van der Waals surface area contributed by atoms with E-state index >= 15 is 0 Å². The topological polar surface area (TPSA) is 12.4 Å². The van der Waals surface area contributed by atoms with E-state index in [1.54, 1.807) is 11.8 Å². The van der Waals surface area contributed by atoms with Crippen LogP contribution in [0.15, 0.2) is 71.2 Å². The fourth-order valence-corrected chi connectivity index (χ4v) is 2.06. The molecule has 96 valence electrons. The highest BCUT2D eigenvalue weighted by Gasteiger charge is 2.00. The Kier molecular flexibility index (Phi) is 4.58. The van der Waals surface area contributed by atoms with E-state index in [2.05, 4.69) is 60.1 Å². The van der Waals surface area contributed by atoms with E-state index < -0.39 is 0 Å². The van der Waals surface area contributed by atoms with Gasteiger partial charge >= 0.3 is 0 Å². The minimum absolute atomic E-state index is 0.838. The Morgan fingerprint density at radius 2 is 1.53 bits per heavy atom. The molecule has 19 heavy (non-hydrogen) atoms. The second kappa shape index (κ2) is 6.39. The van der Waals surface area contributed by atoms with E-state index in [0.29, 0.717) is 0 Å². The largest absolute Gasteiger partial charge is 0.247 e. The van der Waals surface area contributed by atoms with Gasteiger partial charge in [-0.3, -0.25) is 0 Å². The Morgan fingerprint density at radius 3 is 2.11 bits per heavy atom. The zero-order valence-corrected chi connectivity index (χ0v) is 12.1. The number of rotatable bonds is 4. The Bertz CT molecular complexity index is 582. The lowest BCUT2D eigenvalue weighted by molar-refractivity contribution is 1.48. The summed E-state index contributed by atoms with van der Waals surface area (Å²) in [7, 11) is 0. The van der Waals surface area contributed by atoms with Crippen molar-refractivity contribution in [3.63, 3.8) is 0 Å². The zero-order chi connectivity index (χ0) is 13.7. The fraction of sp³-hybridized carbons (Fsp3) is 0.118. The monoisotopic (exact) mass is 267 g/mol. The molecule has 0 aliphatic rings. The van der Waals surface area contributed by atoms with Crippen LogP contribution in [-0.2, 0) is 0 Å². The highest BCUT2D eigenvalue weighted by Crippen LogP contribution is 2.20. The summed E-state index contributed by atoms with van der Waals surface area (Å²) in [6.45, 7) is 5.89. The van der Waals surface area contributed by atoms with Gasteiger partial charge in [0.15, 0.2) is 0 Å². The molecule has 1 nitrogen and oxygen atoms in total. The molecule has 0 saturated carbocycles. The molecule has 0 atom stereocenters. The summed E-state index contributed by atoms with van der Waals surface area (Å²) in [5.74, 6) is 0. The second-order valence-corrected chi connectivity index (χ2v) is 5.12. The van der Waals surface area contributed by atoms with E-state index in [-0.39, 0.29) is 0 Å². The van der Waals surface area contributed by atoms with Gasteiger partial charge in [-0.25, -0.2) is 4.99 Å². The summed E-state index contributed by atoms with van der Waals surface area (Å²) >= 11 is 1.57. The van der Waals surface area contributed by atoms with Crippen LogP contribution in [0.4, 0.5) is 0 Å². The highest BCUT2D eigenvalue weighted by atomic mass is 32.2. The lowest BCUT2D eigenvalue weighted by Crippen LogP contribution is -1.94. The average Bonchev–Trinajstić information content (AvgIpc) is 2.48. The number of hydrogen-bond acceptors (Lipinski definition) is 2. The first-order valence-electron chi connectivity index (χ1n) is 6.15. The van der Waals surface area contributed by atoms with Gasteiger partial charge in [0.1, 0.15) is 0 Å². The Balaban J connectivity index is 2.24. The van der Waals surface area contributed by atoms with E-state index in [0.717, 1.165) is 16.3 Å². The summed E-state index contributed by atoms with van der Waals surface area (Å²) < 4.78 is 0. The molecule has 0 unspecified atom stereocenters. The standard InChI is InChI=1S/C17H17NS/c1-13(18-14(2)19-3)15-9-11-17(12-10-15)16-7-5-4-6-8-16/h4-12H,2H2,1,3H3/b18-13+. The maximum Gasteiger partial charge on any atom is 0.0888 e. The van der Waals surface area contributed by atoms with E-state index in [9.17, 15) is 0 Å². The van der Waals surface area contributed by atoms with E-state index in [4.69, 9.17) is 0 Å². The van der Waals surface area contributed by atoms with Gasteiger partial charge in [0.25, 0.3) is 0 Å². The maximum atomic E-state index is 4.45. The molecule has 0 radical (unpaired) electrons. The number of nitrogens with zero attached hydrogens (tertiary/aromatic N) is 1. The molecular formula is C17H17NS. The zero-order valence-electron chi connectivity index (χ0n) is 11.3. The number of hydrogen-bond donors (Lipinski definition) is 0. The van der Waals surface area contributed by atoms with Gasteiger partial charge in [0, 0.05) is 5.71 Å². The SMILES string of the molecule is C=C(/N=C(\C)c1ccc(-c2ccccc2)cc1)SC. The van der Waals surface area contributed by atoms with Crippen LogP contribution in [0.3, 0.4) is 0 Å². The number of benzene rings is 2. The first-order valence-corrected chi connectivity index (χ1v) is 7.37. The van der Waals surface area contributed by atoms with Crippen molar-refractivity contribution in [2.24, 2.45) is 4.99 Å². The molecule has 0 amide bonds. The van der Waals surface area contributed by atoms with E-state index in [1.165, 1.54) is 11.1 Å². The van der Waals surface area contributed by atoms with Crippen LogP contribution in [0.25, 0.3) is 11.1 Å². The Hall–Kier alpha value is -1.80. The summed E-state index contributed by atoms with van der Waals surface area (Å²) in [4.78, 5) is 4.45. The third kappa shape index (κ3) is 3.58. The van der Waals surface area contributed by atoms with Crippen LogP contribution in [0.1, 0.15) is 12.5 Å². The van der Waals surface area contributed by atoms with Gasteiger partial charge in [-0.05, 0) is 29.9 Å². The lowest BCUT2D eigenvalue weighted by atomic mass is 10.0. The van der Waals surface area contributed by atoms with Crippen molar-refractivity contribution in [3.05, 3.63) is 71.8 Å². The molecule has 0 aliphatic carbocycles. The van der Waals surface area contributed by atoms with Crippen LogP contribution in [0.5, 0.6) is 0 Å². The Morgan fingerprint density at radius 1 is 0.947 bits per heavy atom. The minimum atomic E-state index is 0.838.